The Bertz CT molecular complexity index is 1210. The molecule has 1 aliphatic rings. The molecular formula is C24H27N3O3S. The monoisotopic (exact) mass is 437 g/mol. The molecule has 0 aliphatic carbocycles. The molecule has 162 valence electrons. The van der Waals surface area contributed by atoms with Crippen LogP contribution in [0.3, 0.4) is 0 Å². The van der Waals surface area contributed by atoms with Crippen LogP contribution in [-0.2, 0) is 34.3 Å². The van der Waals surface area contributed by atoms with E-state index in [1.165, 1.54) is 12.5 Å². The number of hydrogen-bond acceptors (Lipinski definition) is 3. The van der Waals surface area contributed by atoms with E-state index >= 15 is 0 Å². The van der Waals surface area contributed by atoms with Crippen molar-refractivity contribution in [3.8, 4) is 0 Å². The lowest BCUT2D eigenvalue weighted by Gasteiger charge is -2.20. The summed E-state index contributed by atoms with van der Waals surface area (Å²) in [4.78, 5) is 13.8. The third-order valence-electron chi connectivity index (χ3n) is 5.76. The van der Waals surface area contributed by atoms with Crippen molar-refractivity contribution in [3.63, 3.8) is 0 Å². The lowest BCUT2D eigenvalue weighted by Crippen LogP contribution is -2.33. The van der Waals surface area contributed by atoms with E-state index in [1.807, 2.05) is 29.8 Å². The number of carbonyl (C=O) groups is 1. The van der Waals surface area contributed by atoms with Crippen molar-refractivity contribution < 1.29 is 13.2 Å². The Morgan fingerprint density at radius 3 is 2.58 bits per heavy atom. The predicted molar refractivity (Wildman–Crippen MR) is 122 cm³/mol. The molecule has 1 atom stereocenters. The molecule has 0 saturated heterocycles. The molecule has 1 N–H and O–H groups in total. The van der Waals surface area contributed by atoms with Gasteiger partial charge < -0.3 is 9.47 Å². The number of nitrogens with zero attached hydrogens (tertiary/aromatic N) is 2. The van der Waals surface area contributed by atoms with Crippen molar-refractivity contribution in [2.24, 2.45) is 0 Å². The molecule has 0 fully saturated rings. The van der Waals surface area contributed by atoms with E-state index < -0.39 is 10.0 Å². The maximum Gasteiger partial charge on any atom is 0.240 e. The lowest BCUT2D eigenvalue weighted by molar-refractivity contribution is -0.116. The second kappa shape index (κ2) is 8.32. The minimum Gasteiger partial charge on any atom is -0.346 e. The fourth-order valence-electron chi connectivity index (χ4n) is 4.16. The molecule has 6 nitrogen and oxygen atoms in total. The first kappa shape index (κ1) is 21.3. The number of hydrogen-bond donors (Lipinski definition) is 1. The highest BCUT2D eigenvalue weighted by Crippen LogP contribution is 2.33. The number of aryl methyl sites for hydroxylation is 1. The van der Waals surface area contributed by atoms with Crippen LogP contribution in [-0.4, -0.2) is 24.9 Å². The Morgan fingerprint density at radius 1 is 1.13 bits per heavy atom. The average Bonchev–Trinajstić information content (AvgIpc) is 3.30. The first-order chi connectivity index (χ1) is 14.7. The number of anilines is 1. The molecule has 0 radical (unpaired) electrons. The third kappa shape index (κ3) is 4.43. The number of amides is 1. The molecule has 1 aromatic heterocycles. The summed E-state index contributed by atoms with van der Waals surface area (Å²) in [6, 6.07) is 17.2. The van der Waals surface area contributed by atoms with Gasteiger partial charge in [0, 0.05) is 37.1 Å². The zero-order valence-electron chi connectivity index (χ0n) is 18.0. The first-order valence-electron chi connectivity index (χ1n) is 10.4. The van der Waals surface area contributed by atoms with Gasteiger partial charge in [0.1, 0.15) is 0 Å². The highest BCUT2D eigenvalue weighted by Gasteiger charge is 2.30. The van der Waals surface area contributed by atoms with Gasteiger partial charge in [-0.3, -0.25) is 4.79 Å². The highest BCUT2D eigenvalue weighted by molar-refractivity contribution is 7.89. The van der Waals surface area contributed by atoms with E-state index in [9.17, 15) is 13.2 Å². The Balaban J connectivity index is 1.49. The molecule has 0 bridgehead atoms. The van der Waals surface area contributed by atoms with Crippen LogP contribution in [0.4, 0.5) is 5.69 Å². The van der Waals surface area contributed by atoms with Crippen molar-refractivity contribution in [3.05, 3.63) is 83.2 Å². The Labute approximate surface area is 183 Å². The number of benzene rings is 2. The normalized spacial score (nSPS) is 15.8. The van der Waals surface area contributed by atoms with Gasteiger partial charge in [-0.1, -0.05) is 29.8 Å². The zero-order valence-corrected chi connectivity index (χ0v) is 18.8. The second-order valence-electron chi connectivity index (χ2n) is 8.17. The molecule has 0 saturated carbocycles. The van der Waals surface area contributed by atoms with Crippen LogP contribution in [0.1, 0.15) is 36.2 Å². The molecule has 0 spiro atoms. The van der Waals surface area contributed by atoms with E-state index in [2.05, 4.69) is 35.9 Å². The Kier molecular flexibility index (Phi) is 5.73. The van der Waals surface area contributed by atoms with Gasteiger partial charge in [0.2, 0.25) is 15.9 Å². The van der Waals surface area contributed by atoms with Crippen LogP contribution in [0.5, 0.6) is 0 Å². The summed E-state index contributed by atoms with van der Waals surface area (Å²) in [5.41, 5.74) is 4.94. The summed E-state index contributed by atoms with van der Waals surface area (Å²) >= 11 is 0. The van der Waals surface area contributed by atoms with E-state index in [-0.39, 0.29) is 23.4 Å². The molecule has 2 aromatic carbocycles. The summed E-state index contributed by atoms with van der Waals surface area (Å²) in [5, 5.41) is 0. The number of rotatable bonds is 6. The van der Waals surface area contributed by atoms with Crippen molar-refractivity contribution in [2.75, 3.05) is 4.90 Å². The van der Waals surface area contributed by atoms with E-state index in [4.69, 9.17) is 0 Å². The van der Waals surface area contributed by atoms with E-state index in [0.717, 1.165) is 22.5 Å². The van der Waals surface area contributed by atoms with Gasteiger partial charge in [-0.2, -0.15) is 0 Å². The first-order valence-corrected chi connectivity index (χ1v) is 11.8. The van der Waals surface area contributed by atoms with Crippen LogP contribution in [0, 0.1) is 6.92 Å². The van der Waals surface area contributed by atoms with Crippen molar-refractivity contribution in [1.29, 1.82) is 0 Å². The highest BCUT2D eigenvalue weighted by atomic mass is 32.2. The fourth-order valence-corrected chi connectivity index (χ4v) is 5.21. The van der Waals surface area contributed by atoms with Gasteiger partial charge in [0.05, 0.1) is 11.4 Å². The molecule has 0 unspecified atom stereocenters. The molecule has 7 heteroatoms. The number of aromatic nitrogens is 1. The number of carbonyl (C=O) groups excluding carboxylic acids is 1. The molecule has 1 amide bonds. The van der Waals surface area contributed by atoms with Crippen molar-refractivity contribution >= 4 is 21.6 Å². The van der Waals surface area contributed by atoms with Gasteiger partial charge in [-0.05, 0) is 61.7 Å². The van der Waals surface area contributed by atoms with Crippen LogP contribution >= 0.6 is 0 Å². The minimum atomic E-state index is -3.68. The Morgan fingerprint density at radius 2 is 1.87 bits per heavy atom. The summed E-state index contributed by atoms with van der Waals surface area (Å²) < 4.78 is 30.6. The van der Waals surface area contributed by atoms with E-state index in [0.29, 0.717) is 13.0 Å². The molecule has 4 rings (SSSR count). The van der Waals surface area contributed by atoms with E-state index in [1.54, 1.807) is 23.1 Å². The quantitative estimate of drug-likeness (QED) is 0.640. The molecule has 2 heterocycles. The largest absolute Gasteiger partial charge is 0.346 e. The molecular weight excluding hydrogens is 410 g/mol. The van der Waals surface area contributed by atoms with Gasteiger partial charge >= 0.3 is 0 Å². The molecule has 1 aliphatic heterocycles. The van der Waals surface area contributed by atoms with Gasteiger partial charge in [0.25, 0.3) is 0 Å². The number of sulfonamides is 1. The van der Waals surface area contributed by atoms with Crippen molar-refractivity contribution in [2.45, 2.75) is 51.2 Å². The van der Waals surface area contributed by atoms with Gasteiger partial charge in [-0.15, -0.1) is 0 Å². The number of nitrogens with one attached hydrogen (secondary N) is 1. The number of fused-ring (bicyclic) bond motifs is 1. The van der Waals surface area contributed by atoms with Crippen LogP contribution in [0.2, 0.25) is 0 Å². The van der Waals surface area contributed by atoms with Crippen LogP contribution in [0.15, 0.2) is 65.7 Å². The average molecular weight is 438 g/mol. The van der Waals surface area contributed by atoms with Crippen LogP contribution < -0.4 is 9.62 Å². The minimum absolute atomic E-state index is 0.0310. The maximum absolute atomic E-state index is 12.9. The summed E-state index contributed by atoms with van der Waals surface area (Å²) in [6.07, 6.45) is 2.61. The Hall–Kier alpha value is -2.90. The third-order valence-corrected chi connectivity index (χ3v) is 7.16. The standard InChI is InChI=1S/C24H27N3O3S/c1-17-6-8-20(9-7-17)16-26-12-4-5-22(26)15-25-31(29,30)23-10-11-24-21(14-23)13-18(2)27(24)19(3)28/h4-12,14,18,25H,13,15-16H2,1-3H3/t18-/m1/s1. The predicted octanol–water partition coefficient (Wildman–Crippen LogP) is 3.62. The van der Waals surface area contributed by atoms with Gasteiger partial charge in [0.15, 0.2) is 0 Å². The lowest BCUT2D eigenvalue weighted by atomic mass is 10.1. The fraction of sp³-hybridized carbons (Fsp3) is 0.292. The summed E-state index contributed by atoms with van der Waals surface area (Å²) in [6.45, 7) is 6.44. The maximum atomic E-state index is 12.9. The zero-order chi connectivity index (χ0) is 22.2. The second-order valence-corrected chi connectivity index (χ2v) is 9.94. The summed E-state index contributed by atoms with van der Waals surface area (Å²) in [7, 11) is -3.68. The molecule has 31 heavy (non-hydrogen) atoms. The SMILES string of the molecule is CC(=O)N1c2ccc(S(=O)(=O)NCc3cccn3Cc3ccc(C)cc3)cc2C[C@H]1C. The topological polar surface area (TPSA) is 71.4 Å². The molecule has 3 aromatic rings. The smallest absolute Gasteiger partial charge is 0.240 e. The van der Waals surface area contributed by atoms with Gasteiger partial charge in [-0.25, -0.2) is 13.1 Å². The van der Waals surface area contributed by atoms with Crippen LogP contribution in [0.25, 0.3) is 0 Å². The van der Waals surface area contributed by atoms with Crippen molar-refractivity contribution in [1.82, 2.24) is 9.29 Å². The summed E-state index contributed by atoms with van der Waals surface area (Å²) in [5.74, 6) is -0.0330.